The van der Waals surface area contributed by atoms with Gasteiger partial charge >= 0.3 is 5.97 Å². The van der Waals surface area contributed by atoms with E-state index < -0.39 is 0 Å². The summed E-state index contributed by atoms with van der Waals surface area (Å²) in [7, 11) is 0. The Kier molecular flexibility index (Phi) is 10.9. The molecule has 8 heteroatoms. The molecule has 2 aromatic rings. The summed E-state index contributed by atoms with van der Waals surface area (Å²) in [6, 6.07) is 16.9. The molecule has 0 fully saturated rings. The number of para-hydroxylation sites is 1. The maximum absolute atomic E-state index is 12.1. The van der Waals surface area contributed by atoms with Gasteiger partial charge in [0.15, 0.2) is 5.11 Å². The van der Waals surface area contributed by atoms with E-state index >= 15 is 0 Å². The van der Waals surface area contributed by atoms with Crippen LogP contribution in [0.25, 0.3) is 0 Å². The lowest BCUT2D eigenvalue weighted by atomic mass is 10.1. The van der Waals surface area contributed by atoms with E-state index in [0.29, 0.717) is 30.8 Å². The Morgan fingerprint density at radius 2 is 1.66 bits per heavy atom. The van der Waals surface area contributed by atoms with Crippen LogP contribution >= 0.6 is 12.2 Å². The Labute approximate surface area is 193 Å². The van der Waals surface area contributed by atoms with Crippen LogP contribution in [-0.2, 0) is 20.7 Å². The Bertz CT molecular complexity index is 918. The van der Waals surface area contributed by atoms with E-state index in [9.17, 15) is 14.4 Å². The topological polar surface area (TPSA) is 96.5 Å². The standard InChI is InChI=1S/C24H29N3O4S/c1-2-25-23(30)19-13-6-7-14-20(19)26-24(32)27-21(28)15-8-16-22(29)31-17-9-12-18-10-4-3-5-11-18/h3-7,10-11,13-14H,2,8-9,12,15-17H2,1H3,(H,25,30)(H2,26,27,28,32). The SMILES string of the molecule is CCNC(=O)c1ccccc1NC(=S)NC(=O)CCCC(=O)OCCCc1ccccc1. The number of esters is 1. The number of carbonyl (C=O) groups excluding carboxylic acids is 3. The summed E-state index contributed by atoms with van der Waals surface area (Å²) in [6.07, 6.45) is 2.28. The minimum atomic E-state index is -0.317. The van der Waals surface area contributed by atoms with Crippen molar-refractivity contribution in [2.24, 2.45) is 0 Å². The molecule has 0 atom stereocenters. The van der Waals surface area contributed by atoms with E-state index in [2.05, 4.69) is 16.0 Å². The average molecular weight is 456 g/mol. The first-order valence-electron chi connectivity index (χ1n) is 10.7. The number of ether oxygens (including phenoxy) is 1. The van der Waals surface area contributed by atoms with Crippen LogP contribution in [0.3, 0.4) is 0 Å². The van der Waals surface area contributed by atoms with Gasteiger partial charge in [-0.2, -0.15) is 0 Å². The summed E-state index contributed by atoms with van der Waals surface area (Å²) in [4.78, 5) is 36.0. The Hall–Kier alpha value is -3.26. The minimum absolute atomic E-state index is 0.0928. The van der Waals surface area contributed by atoms with Crippen LogP contribution in [0.1, 0.15) is 48.5 Å². The molecule has 0 heterocycles. The van der Waals surface area contributed by atoms with Crippen molar-refractivity contribution >= 4 is 40.8 Å². The fourth-order valence-electron chi connectivity index (χ4n) is 2.96. The molecule has 2 rings (SSSR count). The smallest absolute Gasteiger partial charge is 0.305 e. The molecule has 2 aromatic carbocycles. The van der Waals surface area contributed by atoms with Crippen molar-refractivity contribution in [3.8, 4) is 0 Å². The van der Waals surface area contributed by atoms with Gasteiger partial charge in [0.2, 0.25) is 5.91 Å². The van der Waals surface area contributed by atoms with Crippen LogP contribution in [0.4, 0.5) is 5.69 Å². The third kappa shape index (κ3) is 9.26. The maximum Gasteiger partial charge on any atom is 0.305 e. The molecule has 0 aliphatic carbocycles. The molecule has 0 aliphatic rings. The lowest BCUT2D eigenvalue weighted by Gasteiger charge is -2.13. The van der Waals surface area contributed by atoms with Crippen molar-refractivity contribution in [1.29, 1.82) is 0 Å². The molecule has 0 spiro atoms. The summed E-state index contributed by atoms with van der Waals surface area (Å²) in [5, 5.41) is 8.26. The molecule has 170 valence electrons. The van der Waals surface area contributed by atoms with Gasteiger partial charge < -0.3 is 20.7 Å². The van der Waals surface area contributed by atoms with E-state index in [1.54, 1.807) is 24.3 Å². The lowest BCUT2D eigenvalue weighted by Crippen LogP contribution is -2.35. The second-order valence-electron chi connectivity index (χ2n) is 7.07. The highest BCUT2D eigenvalue weighted by Gasteiger charge is 2.12. The highest BCUT2D eigenvalue weighted by Crippen LogP contribution is 2.14. The van der Waals surface area contributed by atoms with Crippen LogP contribution in [0.15, 0.2) is 54.6 Å². The summed E-state index contributed by atoms with van der Waals surface area (Å²) >= 11 is 5.17. The first-order chi connectivity index (χ1) is 15.5. The van der Waals surface area contributed by atoms with Crippen molar-refractivity contribution in [1.82, 2.24) is 10.6 Å². The summed E-state index contributed by atoms with van der Waals surface area (Å²) < 4.78 is 5.21. The molecule has 7 nitrogen and oxygen atoms in total. The average Bonchev–Trinajstić information content (AvgIpc) is 2.78. The number of amides is 2. The van der Waals surface area contributed by atoms with Gasteiger partial charge in [-0.05, 0) is 56.1 Å². The molecule has 32 heavy (non-hydrogen) atoms. The van der Waals surface area contributed by atoms with E-state index in [1.807, 2.05) is 37.3 Å². The van der Waals surface area contributed by atoms with E-state index in [-0.39, 0.29) is 35.7 Å². The number of hydrogen-bond acceptors (Lipinski definition) is 5. The van der Waals surface area contributed by atoms with Crippen LogP contribution in [-0.4, -0.2) is 36.0 Å². The zero-order valence-electron chi connectivity index (χ0n) is 18.2. The summed E-state index contributed by atoms with van der Waals surface area (Å²) in [5.74, 6) is -0.857. The number of carbonyl (C=O) groups is 3. The Morgan fingerprint density at radius 3 is 2.41 bits per heavy atom. The molecular weight excluding hydrogens is 426 g/mol. The summed E-state index contributed by atoms with van der Waals surface area (Å²) in [5.41, 5.74) is 2.14. The lowest BCUT2D eigenvalue weighted by molar-refractivity contribution is -0.143. The fraction of sp³-hybridized carbons (Fsp3) is 0.333. The monoisotopic (exact) mass is 455 g/mol. The molecule has 0 aromatic heterocycles. The Morgan fingerprint density at radius 1 is 0.938 bits per heavy atom. The molecule has 0 unspecified atom stereocenters. The highest BCUT2D eigenvalue weighted by atomic mass is 32.1. The number of anilines is 1. The van der Waals surface area contributed by atoms with Gasteiger partial charge in [0.25, 0.3) is 5.91 Å². The summed E-state index contributed by atoms with van der Waals surface area (Å²) in [6.45, 7) is 2.70. The first-order valence-corrected chi connectivity index (χ1v) is 11.1. The molecule has 0 radical (unpaired) electrons. The minimum Gasteiger partial charge on any atom is -0.466 e. The van der Waals surface area contributed by atoms with Crippen LogP contribution in [0.5, 0.6) is 0 Å². The molecule has 3 N–H and O–H groups in total. The predicted molar refractivity (Wildman–Crippen MR) is 128 cm³/mol. The normalized spacial score (nSPS) is 10.2. The van der Waals surface area contributed by atoms with Gasteiger partial charge in [-0.25, -0.2) is 0 Å². The maximum atomic E-state index is 12.1. The van der Waals surface area contributed by atoms with E-state index in [1.165, 1.54) is 5.56 Å². The van der Waals surface area contributed by atoms with Gasteiger partial charge in [0, 0.05) is 19.4 Å². The van der Waals surface area contributed by atoms with Gasteiger partial charge in [0.05, 0.1) is 17.9 Å². The number of hydrogen-bond donors (Lipinski definition) is 3. The van der Waals surface area contributed by atoms with Crippen molar-refractivity contribution in [3.05, 3.63) is 65.7 Å². The van der Waals surface area contributed by atoms with Crippen molar-refractivity contribution in [2.45, 2.75) is 39.0 Å². The fourth-order valence-corrected chi connectivity index (χ4v) is 3.18. The molecule has 0 saturated carbocycles. The third-order valence-electron chi connectivity index (χ3n) is 4.51. The number of thiocarbonyl (C=S) groups is 1. The third-order valence-corrected chi connectivity index (χ3v) is 4.71. The number of aryl methyl sites for hydroxylation is 1. The second-order valence-corrected chi connectivity index (χ2v) is 7.48. The predicted octanol–water partition coefficient (Wildman–Crippen LogP) is 3.60. The van der Waals surface area contributed by atoms with Crippen LogP contribution in [0, 0.1) is 0 Å². The first kappa shape index (κ1) is 25.0. The van der Waals surface area contributed by atoms with E-state index in [4.69, 9.17) is 17.0 Å². The number of nitrogens with one attached hydrogen (secondary N) is 3. The molecule has 0 aliphatic heterocycles. The van der Waals surface area contributed by atoms with Crippen molar-refractivity contribution in [3.63, 3.8) is 0 Å². The molecular formula is C24H29N3O4S. The van der Waals surface area contributed by atoms with Gasteiger partial charge in [-0.15, -0.1) is 0 Å². The van der Waals surface area contributed by atoms with Crippen LogP contribution in [0.2, 0.25) is 0 Å². The second kappa shape index (κ2) is 13.9. The molecule has 0 saturated heterocycles. The van der Waals surface area contributed by atoms with Gasteiger partial charge in [-0.1, -0.05) is 42.5 Å². The van der Waals surface area contributed by atoms with Crippen molar-refractivity contribution in [2.75, 3.05) is 18.5 Å². The van der Waals surface area contributed by atoms with E-state index in [0.717, 1.165) is 12.8 Å². The highest BCUT2D eigenvalue weighted by molar-refractivity contribution is 7.80. The number of rotatable bonds is 11. The van der Waals surface area contributed by atoms with Crippen LogP contribution < -0.4 is 16.0 Å². The Balaban J connectivity index is 1.64. The number of benzene rings is 2. The quantitative estimate of drug-likeness (QED) is 0.272. The molecule has 0 bridgehead atoms. The zero-order valence-corrected chi connectivity index (χ0v) is 19.0. The van der Waals surface area contributed by atoms with Gasteiger partial charge in [0.1, 0.15) is 0 Å². The van der Waals surface area contributed by atoms with Crippen molar-refractivity contribution < 1.29 is 19.1 Å². The molecule has 2 amide bonds. The zero-order chi connectivity index (χ0) is 23.2. The largest absolute Gasteiger partial charge is 0.466 e. The van der Waals surface area contributed by atoms with Gasteiger partial charge in [-0.3, -0.25) is 14.4 Å².